The Hall–Kier alpha value is -1.25. The van der Waals surface area contributed by atoms with Crippen molar-refractivity contribution in [1.82, 2.24) is 0 Å². The quantitative estimate of drug-likeness (QED) is 0.741. The summed E-state index contributed by atoms with van der Waals surface area (Å²) >= 11 is 0. The molecule has 0 aliphatic carbocycles. The van der Waals surface area contributed by atoms with Crippen LogP contribution in [-0.2, 0) is 0 Å². The molecule has 2 heterocycles. The van der Waals surface area contributed by atoms with Crippen LogP contribution in [0.3, 0.4) is 0 Å². The second-order valence-corrected chi connectivity index (χ2v) is 5.38. The third kappa shape index (κ3) is 1.68. The molecule has 1 N–H and O–H groups in total. The first-order valence-electron chi connectivity index (χ1n) is 6.47. The Kier molecular flexibility index (Phi) is 2.49. The van der Waals surface area contributed by atoms with Crippen molar-refractivity contribution in [3.8, 4) is 0 Å². The van der Waals surface area contributed by atoms with Crippen molar-refractivity contribution >= 4 is 11.4 Å². The number of halogens is 1. The maximum atomic E-state index is 13.5. The zero-order chi connectivity index (χ0) is 12.0. The van der Waals surface area contributed by atoms with E-state index >= 15 is 0 Å². The van der Waals surface area contributed by atoms with Crippen LogP contribution >= 0.6 is 0 Å². The summed E-state index contributed by atoms with van der Waals surface area (Å²) in [7, 11) is 0. The van der Waals surface area contributed by atoms with Crippen molar-refractivity contribution in [2.75, 3.05) is 23.3 Å². The number of anilines is 2. The molecule has 17 heavy (non-hydrogen) atoms. The van der Waals surface area contributed by atoms with E-state index in [2.05, 4.69) is 17.1 Å². The fraction of sp³-hybridized carbons (Fsp3) is 0.571. The minimum Gasteiger partial charge on any atom is -0.381 e. The number of benzene rings is 1. The predicted molar refractivity (Wildman–Crippen MR) is 69.2 cm³/mol. The smallest absolute Gasteiger partial charge is 0.128 e. The summed E-state index contributed by atoms with van der Waals surface area (Å²) < 4.78 is 13.5. The second-order valence-electron chi connectivity index (χ2n) is 5.38. The fourth-order valence-corrected chi connectivity index (χ4v) is 3.12. The Bertz CT molecular complexity index is 444. The number of rotatable bonds is 0. The van der Waals surface area contributed by atoms with Gasteiger partial charge in [-0.3, -0.25) is 0 Å². The Morgan fingerprint density at radius 2 is 2.24 bits per heavy atom. The first-order chi connectivity index (χ1) is 8.16. The number of piperidine rings is 1. The molecule has 2 atom stereocenters. The maximum Gasteiger partial charge on any atom is 0.128 e. The molecule has 0 radical (unpaired) electrons. The molecule has 1 saturated heterocycles. The van der Waals surface area contributed by atoms with Crippen molar-refractivity contribution in [3.05, 3.63) is 23.5 Å². The van der Waals surface area contributed by atoms with Gasteiger partial charge in [0.2, 0.25) is 0 Å². The lowest BCUT2D eigenvalue weighted by atomic mass is 9.88. The van der Waals surface area contributed by atoms with Gasteiger partial charge < -0.3 is 10.2 Å². The van der Waals surface area contributed by atoms with E-state index in [9.17, 15) is 4.39 Å². The van der Waals surface area contributed by atoms with Gasteiger partial charge >= 0.3 is 0 Å². The van der Waals surface area contributed by atoms with Crippen molar-refractivity contribution in [3.63, 3.8) is 0 Å². The van der Waals surface area contributed by atoms with E-state index in [-0.39, 0.29) is 5.82 Å². The summed E-state index contributed by atoms with van der Waals surface area (Å²) in [5.41, 5.74) is 2.88. The highest BCUT2D eigenvalue weighted by molar-refractivity contribution is 5.74. The molecule has 92 valence electrons. The molecule has 2 nitrogen and oxygen atoms in total. The topological polar surface area (TPSA) is 15.3 Å². The Balaban J connectivity index is 2.03. The molecule has 0 spiro atoms. The normalized spacial score (nSPS) is 27.1. The first-order valence-corrected chi connectivity index (χ1v) is 6.47. The van der Waals surface area contributed by atoms with E-state index < -0.39 is 0 Å². The van der Waals surface area contributed by atoms with E-state index in [1.807, 2.05) is 13.0 Å². The zero-order valence-electron chi connectivity index (χ0n) is 10.5. The van der Waals surface area contributed by atoms with E-state index in [0.717, 1.165) is 30.3 Å². The number of hydrogen-bond acceptors (Lipinski definition) is 2. The highest BCUT2D eigenvalue weighted by atomic mass is 19.1. The van der Waals surface area contributed by atoms with Crippen LogP contribution in [0.4, 0.5) is 15.8 Å². The summed E-state index contributed by atoms with van der Waals surface area (Å²) in [6.07, 6.45) is 2.55. The van der Waals surface area contributed by atoms with Crippen LogP contribution in [0.5, 0.6) is 0 Å². The summed E-state index contributed by atoms with van der Waals surface area (Å²) in [4.78, 5) is 2.46. The summed E-state index contributed by atoms with van der Waals surface area (Å²) in [6.45, 7) is 6.21. The molecule has 1 fully saturated rings. The standard InChI is InChI=1S/C14H19FN2/c1-9-4-3-5-17-13-6-10(2)11(15)7-12(13)16-8-14(9)17/h6-7,9,14,16H,3-5,8H2,1-2H3. The largest absolute Gasteiger partial charge is 0.381 e. The van der Waals surface area contributed by atoms with E-state index in [1.54, 1.807) is 6.07 Å². The molecule has 3 rings (SSSR count). The number of fused-ring (bicyclic) bond motifs is 3. The minimum atomic E-state index is -0.111. The lowest BCUT2D eigenvalue weighted by Crippen LogP contribution is -2.51. The Labute approximate surface area is 102 Å². The molecule has 2 aliphatic heterocycles. The maximum absolute atomic E-state index is 13.5. The Morgan fingerprint density at radius 1 is 1.41 bits per heavy atom. The summed E-state index contributed by atoms with van der Waals surface area (Å²) in [5, 5.41) is 3.38. The average Bonchev–Trinajstić information content (AvgIpc) is 2.31. The Morgan fingerprint density at radius 3 is 3.06 bits per heavy atom. The van der Waals surface area contributed by atoms with Crippen molar-refractivity contribution in [1.29, 1.82) is 0 Å². The van der Waals surface area contributed by atoms with E-state index in [1.165, 1.54) is 18.5 Å². The van der Waals surface area contributed by atoms with Crippen LogP contribution in [0.25, 0.3) is 0 Å². The molecular weight excluding hydrogens is 215 g/mol. The molecule has 0 aromatic heterocycles. The van der Waals surface area contributed by atoms with E-state index in [4.69, 9.17) is 0 Å². The van der Waals surface area contributed by atoms with Crippen LogP contribution in [0.15, 0.2) is 12.1 Å². The van der Waals surface area contributed by atoms with Crippen molar-refractivity contribution < 1.29 is 4.39 Å². The highest BCUT2D eigenvalue weighted by Crippen LogP contribution is 2.38. The summed E-state index contributed by atoms with van der Waals surface area (Å²) in [6, 6.07) is 4.20. The van der Waals surface area contributed by atoms with Gasteiger partial charge in [0, 0.05) is 19.1 Å². The molecule has 0 amide bonds. The molecular formula is C14H19FN2. The van der Waals surface area contributed by atoms with Gasteiger partial charge in [-0.05, 0) is 43.4 Å². The molecule has 1 aromatic rings. The number of nitrogens with one attached hydrogen (secondary N) is 1. The van der Waals surface area contributed by atoms with E-state index in [0.29, 0.717) is 6.04 Å². The van der Waals surface area contributed by atoms with Gasteiger partial charge in [-0.15, -0.1) is 0 Å². The van der Waals surface area contributed by atoms with Crippen LogP contribution in [0.2, 0.25) is 0 Å². The summed E-state index contributed by atoms with van der Waals surface area (Å²) in [5.74, 6) is 0.606. The van der Waals surface area contributed by atoms with Gasteiger partial charge in [-0.25, -0.2) is 4.39 Å². The van der Waals surface area contributed by atoms with Gasteiger partial charge in [-0.1, -0.05) is 6.92 Å². The molecule has 0 bridgehead atoms. The second kappa shape index (κ2) is 3.90. The van der Waals surface area contributed by atoms with Crippen molar-refractivity contribution in [2.24, 2.45) is 5.92 Å². The number of aryl methyl sites for hydroxylation is 1. The van der Waals surface area contributed by atoms with Crippen LogP contribution in [-0.4, -0.2) is 19.1 Å². The van der Waals surface area contributed by atoms with Crippen molar-refractivity contribution in [2.45, 2.75) is 32.7 Å². The first kappa shape index (κ1) is 10.9. The number of nitrogens with zero attached hydrogens (tertiary/aromatic N) is 1. The lowest BCUT2D eigenvalue weighted by molar-refractivity contribution is 0.350. The fourth-order valence-electron chi connectivity index (χ4n) is 3.12. The number of hydrogen-bond donors (Lipinski definition) is 1. The van der Waals surface area contributed by atoms with Gasteiger partial charge in [0.25, 0.3) is 0 Å². The minimum absolute atomic E-state index is 0.111. The third-order valence-electron chi connectivity index (χ3n) is 4.20. The van der Waals surface area contributed by atoms with Crippen LogP contribution in [0, 0.1) is 18.7 Å². The zero-order valence-corrected chi connectivity index (χ0v) is 10.5. The van der Waals surface area contributed by atoms with Gasteiger partial charge in [0.15, 0.2) is 0 Å². The highest BCUT2D eigenvalue weighted by Gasteiger charge is 2.33. The molecule has 0 saturated carbocycles. The molecule has 2 unspecified atom stereocenters. The van der Waals surface area contributed by atoms with Gasteiger partial charge in [-0.2, -0.15) is 0 Å². The average molecular weight is 234 g/mol. The lowest BCUT2D eigenvalue weighted by Gasteiger charge is -2.46. The van der Waals surface area contributed by atoms with Gasteiger partial charge in [0.1, 0.15) is 5.82 Å². The monoisotopic (exact) mass is 234 g/mol. The molecule has 2 aliphatic rings. The van der Waals surface area contributed by atoms with Crippen LogP contribution < -0.4 is 10.2 Å². The molecule has 3 heteroatoms. The van der Waals surface area contributed by atoms with Gasteiger partial charge in [0.05, 0.1) is 11.4 Å². The SMILES string of the molecule is Cc1cc2c(cc1F)NCC1C(C)CCCN21. The van der Waals surface area contributed by atoms with Crippen LogP contribution in [0.1, 0.15) is 25.3 Å². The predicted octanol–water partition coefficient (Wildman–Crippen LogP) is 3.16. The third-order valence-corrected chi connectivity index (χ3v) is 4.20. The molecule has 1 aromatic carbocycles.